The van der Waals surface area contributed by atoms with Gasteiger partial charge in [-0.05, 0) is 11.0 Å². The lowest BCUT2D eigenvalue weighted by molar-refractivity contribution is 0.496. The molecule has 0 radical (unpaired) electrons. The molecule has 0 amide bonds. The zero-order valence-electron chi connectivity index (χ0n) is 4.87. The maximum atomic E-state index is 10.0. The minimum atomic E-state index is -2.02. The van der Waals surface area contributed by atoms with E-state index in [2.05, 4.69) is 0 Å². The lowest BCUT2D eigenvalue weighted by Gasteiger charge is -1.95. The summed E-state index contributed by atoms with van der Waals surface area (Å²) in [5, 5.41) is 0. The first-order valence-electron chi connectivity index (χ1n) is 2.56. The number of rotatable bonds is 3. The third-order valence-corrected chi connectivity index (χ3v) is 1.70. The van der Waals surface area contributed by atoms with Crippen molar-refractivity contribution in [2.24, 2.45) is 5.73 Å². The Hall–Kier alpha value is 0.0200. The van der Waals surface area contributed by atoms with E-state index < -0.39 is 8.03 Å². The van der Waals surface area contributed by atoms with E-state index in [4.69, 9.17) is 10.6 Å². The SMILES string of the molecule is CCC(N)C[P+](=O)O. The van der Waals surface area contributed by atoms with Crippen LogP contribution in [-0.4, -0.2) is 17.1 Å². The Labute approximate surface area is 49.8 Å². The van der Waals surface area contributed by atoms with Crippen molar-refractivity contribution in [3.05, 3.63) is 0 Å². The van der Waals surface area contributed by atoms with Gasteiger partial charge in [-0.3, -0.25) is 0 Å². The van der Waals surface area contributed by atoms with Crippen molar-refractivity contribution >= 4 is 8.03 Å². The van der Waals surface area contributed by atoms with Gasteiger partial charge in [-0.15, -0.1) is 0 Å². The van der Waals surface area contributed by atoms with E-state index >= 15 is 0 Å². The molecule has 48 valence electrons. The first-order chi connectivity index (χ1) is 3.66. The molecule has 4 heteroatoms. The highest BCUT2D eigenvalue weighted by molar-refractivity contribution is 7.38. The van der Waals surface area contributed by atoms with Gasteiger partial charge in [0, 0.05) is 0 Å². The van der Waals surface area contributed by atoms with Crippen molar-refractivity contribution in [3.8, 4) is 0 Å². The topological polar surface area (TPSA) is 63.3 Å². The molecule has 3 nitrogen and oxygen atoms in total. The number of hydrogen-bond donors (Lipinski definition) is 2. The van der Waals surface area contributed by atoms with Gasteiger partial charge < -0.3 is 5.73 Å². The lowest BCUT2D eigenvalue weighted by atomic mass is 10.3. The second kappa shape index (κ2) is 3.96. The molecule has 2 atom stereocenters. The summed E-state index contributed by atoms with van der Waals surface area (Å²) in [5.41, 5.74) is 5.33. The number of nitrogens with two attached hydrogens (primary N) is 1. The van der Waals surface area contributed by atoms with E-state index in [9.17, 15) is 4.57 Å². The van der Waals surface area contributed by atoms with E-state index in [0.717, 1.165) is 6.42 Å². The summed E-state index contributed by atoms with van der Waals surface area (Å²) in [6, 6.07) is -0.108. The number of hydrogen-bond acceptors (Lipinski definition) is 2. The summed E-state index contributed by atoms with van der Waals surface area (Å²) in [6.07, 6.45) is 0.994. The molecule has 0 aliphatic heterocycles. The molecule has 0 aliphatic carbocycles. The Morgan fingerprint density at radius 1 is 1.88 bits per heavy atom. The first-order valence-corrected chi connectivity index (χ1v) is 3.95. The zero-order valence-corrected chi connectivity index (χ0v) is 5.77. The van der Waals surface area contributed by atoms with Gasteiger partial charge in [-0.25, -0.2) is 0 Å². The molecule has 0 aromatic rings. The smallest absolute Gasteiger partial charge is 0.324 e. The Balaban J connectivity index is 3.24. The third kappa shape index (κ3) is 4.19. The highest BCUT2D eigenvalue weighted by atomic mass is 31.1. The molecule has 0 bridgehead atoms. The van der Waals surface area contributed by atoms with Crippen LogP contribution in [0.1, 0.15) is 13.3 Å². The molecule has 0 aromatic heterocycles. The van der Waals surface area contributed by atoms with Crippen LogP contribution in [0.3, 0.4) is 0 Å². The Bertz CT molecular complexity index is 86.1. The van der Waals surface area contributed by atoms with Crippen molar-refractivity contribution in [1.82, 2.24) is 0 Å². The fourth-order valence-electron chi connectivity index (χ4n) is 0.330. The standard InChI is InChI=1S/C4H10NO2P/c1-2-4(5)3-8(6)7/h4H,2-3,5H2,1H3/p+1. The van der Waals surface area contributed by atoms with Gasteiger partial charge in [-0.2, -0.15) is 4.89 Å². The van der Waals surface area contributed by atoms with E-state index in [-0.39, 0.29) is 12.2 Å². The van der Waals surface area contributed by atoms with Crippen LogP contribution in [0.4, 0.5) is 0 Å². The third-order valence-electron chi connectivity index (χ3n) is 0.915. The van der Waals surface area contributed by atoms with Crippen molar-refractivity contribution in [3.63, 3.8) is 0 Å². The lowest BCUT2D eigenvalue weighted by Crippen LogP contribution is -2.20. The fraction of sp³-hybridized carbons (Fsp3) is 1.00. The van der Waals surface area contributed by atoms with Crippen LogP contribution in [0.15, 0.2) is 0 Å². The highest BCUT2D eigenvalue weighted by Gasteiger charge is 2.14. The summed E-state index contributed by atoms with van der Waals surface area (Å²) < 4.78 is 10.0. The quantitative estimate of drug-likeness (QED) is 0.554. The van der Waals surface area contributed by atoms with Crippen LogP contribution in [0, 0.1) is 0 Å². The van der Waals surface area contributed by atoms with E-state index in [1.54, 1.807) is 0 Å². The van der Waals surface area contributed by atoms with Crippen LogP contribution in [0.2, 0.25) is 0 Å². The van der Waals surface area contributed by atoms with Crippen LogP contribution in [-0.2, 0) is 4.57 Å². The molecular weight excluding hydrogens is 125 g/mol. The molecule has 0 fully saturated rings. The van der Waals surface area contributed by atoms with E-state index in [1.165, 1.54) is 0 Å². The van der Waals surface area contributed by atoms with Crippen molar-refractivity contribution in [2.75, 3.05) is 6.16 Å². The molecule has 0 spiro atoms. The van der Waals surface area contributed by atoms with Crippen molar-refractivity contribution in [2.45, 2.75) is 19.4 Å². The molecule has 0 saturated carbocycles. The van der Waals surface area contributed by atoms with Gasteiger partial charge in [-0.1, -0.05) is 6.92 Å². The van der Waals surface area contributed by atoms with E-state index in [1.807, 2.05) is 6.92 Å². The summed E-state index contributed by atoms with van der Waals surface area (Å²) in [5.74, 6) is 0. The second-order valence-corrected chi connectivity index (χ2v) is 2.77. The van der Waals surface area contributed by atoms with Gasteiger partial charge in [0.15, 0.2) is 6.16 Å². The van der Waals surface area contributed by atoms with Gasteiger partial charge >= 0.3 is 8.03 Å². The zero-order chi connectivity index (χ0) is 6.57. The molecule has 3 N–H and O–H groups in total. The molecule has 0 rings (SSSR count). The van der Waals surface area contributed by atoms with Crippen LogP contribution >= 0.6 is 8.03 Å². The molecular formula is C4H11NO2P+. The predicted molar refractivity (Wildman–Crippen MR) is 33.0 cm³/mol. The van der Waals surface area contributed by atoms with Gasteiger partial charge in [0.25, 0.3) is 0 Å². The summed E-state index contributed by atoms with van der Waals surface area (Å²) >= 11 is 0. The fourth-order valence-corrected chi connectivity index (χ4v) is 0.989. The van der Waals surface area contributed by atoms with Gasteiger partial charge in [0.2, 0.25) is 0 Å². The Morgan fingerprint density at radius 2 is 2.38 bits per heavy atom. The summed E-state index contributed by atoms with van der Waals surface area (Å²) in [4.78, 5) is 8.28. The molecule has 2 unspecified atom stereocenters. The van der Waals surface area contributed by atoms with Crippen LogP contribution in [0.25, 0.3) is 0 Å². The minimum absolute atomic E-state index is 0.108. The van der Waals surface area contributed by atoms with Crippen molar-refractivity contribution in [1.29, 1.82) is 0 Å². The minimum Gasteiger partial charge on any atom is -0.324 e. The highest BCUT2D eigenvalue weighted by Crippen LogP contribution is 2.13. The average molecular weight is 136 g/mol. The van der Waals surface area contributed by atoms with Gasteiger partial charge in [0.05, 0.1) is 6.04 Å². The Kier molecular flexibility index (Phi) is 3.97. The van der Waals surface area contributed by atoms with Crippen LogP contribution in [0.5, 0.6) is 0 Å². The maximum absolute atomic E-state index is 10.0. The normalized spacial score (nSPS) is 15.6. The van der Waals surface area contributed by atoms with Crippen LogP contribution < -0.4 is 5.73 Å². The summed E-state index contributed by atoms with van der Waals surface area (Å²) in [7, 11) is -2.02. The molecule has 0 aliphatic rings. The Morgan fingerprint density at radius 3 is 2.50 bits per heavy atom. The summed E-state index contributed by atoms with van der Waals surface area (Å²) in [6.45, 7) is 1.89. The molecule has 0 heterocycles. The molecule has 0 saturated heterocycles. The first kappa shape index (κ1) is 8.02. The molecule has 8 heavy (non-hydrogen) atoms. The van der Waals surface area contributed by atoms with E-state index in [0.29, 0.717) is 0 Å². The van der Waals surface area contributed by atoms with Crippen molar-refractivity contribution < 1.29 is 9.46 Å². The molecule has 0 aromatic carbocycles. The predicted octanol–water partition coefficient (Wildman–Crippen LogP) is 0.458. The largest absolute Gasteiger partial charge is 0.507 e. The average Bonchev–Trinajstić information content (AvgIpc) is 1.65. The maximum Gasteiger partial charge on any atom is 0.507 e. The monoisotopic (exact) mass is 136 g/mol. The van der Waals surface area contributed by atoms with Gasteiger partial charge in [0.1, 0.15) is 0 Å². The second-order valence-electron chi connectivity index (χ2n) is 1.70.